The highest BCUT2D eigenvalue weighted by Gasteiger charge is 2.30. The first-order valence-electron chi connectivity index (χ1n) is 6.76. The number of anilines is 1. The summed E-state index contributed by atoms with van der Waals surface area (Å²) in [5, 5.41) is 2.10. The largest absolute Gasteiger partial charge is 0.452 e. The van der Waals surface area contributed by atoms with Crippen molar-refractivity contribution >= 4 is 29.2 Å². The lowest BCUT2D eigenvalue weighted by molar-refractivity contribution is -0.137. The summed E-state index contributed by atoms with van der Waals surface area (Å²) in [6, 6.07) is 6.99. The standard InChI is InChI=1S/C16H10ClF4NO3/c17-13-5-4-10(18)7-12(13)15(24)25-8-14(23)22-11-3-1-2-9(6-11)16(19,20)21/h1-7H,8H2,(H,22,23). The molecule has 0 saturated heterocycles. The fourth-order valence-electron chi connectivity index (χ4n) is 1.83. The van der Waals surface area contributed by atoms with Gasteiger partial charge < -0.3 is 10.1 Å². The van der Waals surface area contributed by atoms with Crippen LogP contribution in [-0.4, -0.2) is 18.5 Å². The minimum atomic E-state index is -4.55. The van der Waals surface area contributed by atoms with Crippen molar-refractivity contribution in [1.29, 1.82) is 0 Å². The molecular weight excluding hydrogens is 366 g/mol. The maximum absolute atomic E-state index is 13.1. The van der Waals surface area contributed by atoms with Gasteiger partial charge in [-0.3, -0.25) is 4.79 Å². The van der Waals surface area contributed by atoms with Gasteiger partial charge in [-0.25, -0.2) is 9.18 Å². The number of esters is 1. The number of hydrogen-bond donors (Lipinski definition) is 1. The lowest BCUT2D eigenvalue weighted by Gasteiger charge is -2.10. The Labute approximate surface area is 144 Å². The summed E-state index contributed by atoms with van der Waals surface area (Å²) in [7, 11) is 0. The lowest BCUT2D eigenvalue weighted by atomic mass is 10.2. The molecule has 1 N–H and O–H groups in total. The van der Waals surface area contributed by atoms with Crippen molar-refractivity contribution in [3.05, 3.63) is 64.4 Å². The van der Waals surface area contributed by atoms with Crippen LogP contribution in [0.25, 0.3) is 0 Å². The molecule has 2 aromatic carbocycles. The molecule has 9 heteroatoms. The number of ether oxygens (including phenoxy) is 1. The monoisotopic (exact) mass is 375 g/mol. The Bertz CT molecular complexity index is 808. The van der Waals surface area contributed by atoms with Gasteiger partial charge in [0.15, 0.2) is 6.61 Å². The Hall–Kier alpha value is -2.61. The van der Waals surface area contributed by atoms with Gasteiger partial charge in [-0.1, -0.05) is 17.7 Å². The van der Waals surface area contributed by atoms with Crippen molar-refractivity contribution < 1.29 is 31.9 Å². The predicted octanol–water partition coefficient (Wildman–Crippen LogP) is 4.29. The number of benzene rings is 2. The maximum atomic E-state index is 13.1. The first-order valence-corrected chi connectivity index (χ1v) is 7.14. The molecule has 1 amide bonds. The molecule has 132 valence electrons. The third-order valence-corrected chi connectivity index (χ3v) is 3.29. The zero-order valence-corrected chi connectivity index (χ0v) is 13.1. The molecule has 0 radical (unpaired) electrons. The van der Waals surface area contributed by atoms with Crippen LogP contribution in [0.5, 0.6) is 0 Å². The summed E-state index contributed by atoms with van der Waals surface area (Å²) >= 11 is 5.72. The number of amides is 1. The predicted molar refractivity (Wildman–Crippen MR) is 81.8 cm³/mol. The van der Waals surface area contributed by atoms with E-state index in [1.165, 1.54) is 6.07 Å². The first-order chi connectivity index (χ1) is 11.7. The SMILES string of the molecule is O=C(COC(=O)c1cc(F)ccc1Cl)Nc1cccc(C(F)(F)F)c1. The van der Waals surface area contributed by atoms with E-state index in [1.54, 1.807) is 0 Å². The molecule has 0 saturated carbocycles. The number of rotatable bonds is 4. The first kappa shape index (κ1) is 18.7. The van der Waals surface area contributed by atoms with Gasteiger partial charge in [0.1, 0.15) is 5.82 Å². The third-order valence-electron chi connectivity index (χ3n) is 2.96. The molecule has 0 spiro atoms. The second-order valence-corrected chi connectivity index (χ2v) is 5.23. The van der Waals surface area contributed by atoms with E-state index in [1.807, 2.05) is 0 Å². The fourth-order valence-corrected chi connectivity index (χ4v) is 2.03. The summed E-state index contributed by atoms with van der Waals surface area (Å²) in [4.78, 5) is 23.4. The van der Waals surface area contributed by atoms with Gasteiger partial charge in [-0.05, 0) is 36.4 Å². The number of hydrogen-bond acceptors (Lipinski definition) is 3. The van der Waals surface area contributed by atoms with Crippen LogP contribution in [0.2, 0.25) is 5.02 Å². The molecule has 0 heterocycles. The quantitative estimate of drug-likeness (QED) is 0.640. The average Bonchev–Trinajstić information content (AvgIpc) is 2.54. The highest BCUT2D eigenvalue weighted by atomic mass is 35.5. The number of carbonyl (C=O) groups is 2. The van der Waals surface area contributed by atoms with Gasteiger partial charge in [0.25, 0.3) is 5.91 Å². The Balaban J connectivity index is 1.97. The summed E-state index contributed by atoms with van der Waals surface area (Å²) in [5.41, 5.74) is -1.32. The summed E-state index contributed by atoms with van der Waals surface area (Å²) in [6.45, 7) is -0.776. The molecule has 0 aliphatic carbocycles. The normalized spacial score (nSPS) is 11.1. The molecule has 2 aromatic rings. The zero-order chi connectivity index (χ0) is 18.6. The van der Waals surface area contributed by atoms with Crippen molar-refractivity contribution in [2.45, 2.75) is 6.18 Å². The van der Waals surface area contributed by atoms with E-state index in [2.05, 4.69) is 10.1 Å². The van der Waals surface area contributed by atoms with E-state index >= 15 is 0 Å². The second-order valence-electron chi connectivity index (χ2n) is 4.83. The maximum Gasteiger partial charge on any atom is 0.416 e. The Kier molecular flexibility index (Phi) is 5.63. The van der Waals surface area contributed by atoms with Crippen molar-refractivity contribution in [2.75, 3.05) is 11.9 Å². The Morgan fingerprint density at radius 2 is 1.84 bits per heavy atom. The fraction of sp³-hybridized carbons (Fsp3) is 0.125. The van der Waals surface area contributed by atoms with E-state index < -0.39 is 36.0 Å². The molecule has 0 fully saturated rings. The summed E-state index contributed by atoms with van der Waals surface area (Å²) in [5.74, 6) is -2.62. The molecule has 0 bridgehead atoms. The van der Waals surface area contributed by atoms with Crippen molar-refractivity contribution in [3.63, 3.8) is 0 Å². The van der Waals surface area contributed by atoms with Crippen LogP contribution in [-0.2, 0) is 15.7 Å². The van der Waals surface area contributed by atoms with Gasteiger partial charge >= 0.3 is 12.1 Å². The molecule has 0 atom stereocenters. The minimum Gasteiger partial charge on any atom is -0.452 e. The molecule has 0 aliphatic heterocycles. The molecule has 0 aliphatic rings. The topological polar surface area (TPSA) is 55.4 Å². The number of carbonyl (C=O) groups excluding carboxylic acids is 2. The molecule has 0 aromatic heterocycles. The third kappa shape index (κ3) is 5.18. The van der Waals surface area contributed by atoms with E-state index in [-0.39, 0.29) is 16.3 Å². The smallest absolute Gasteiger partial charge is 0.416 e. The van der Waals surface area contributed by atoms with Crippen LogP contribution >= 0.6 is 11.6 Å². The van der Waals surface area contributed by atoms with Crippen LogP contribution in [0.1, 0.15) is 15.9 Å². The summed E-state index contributed by atoms with van der Waals surface area (Å²) in [6.07, 6.45) is -4.55. The van der Waals surface area contributed by atoms with Crippen LogP contribution in [0, 0.1) is 5.82 Å². The average molecular weight is 376 g/mol. The van der Waals surface area contributed by atoms with Crippen molar-refractivity contribution in [1.82, 2.24) is 0 Å². The summed E-state index contributed by atoms with van der Waals surface area (Å²) < 4.78 is 55.5. The second kappa shape index (κ2) is 7.52. The van der Waals surface area contributed by atoms with Crippen molar-refractivity contribution in [3.8, 4) is 0 Å². The molecule has 25 heavy (non-hydrogen) atoms. The zero-order valence-electron chi connectivity index (χ0n) is 12.4. The van der Waals surface area contributed by atoms with Gasteiger partial charge in [-0.15, -0.1) is 0 Å². The number of alkyl halides is 3. The van der Waals surface area contributed by atoms with Gasteiger partial charge in [0.2, 0.25) is 0 Å². The molecule has 4 nitrogen and oxygen atoms in total. The van der Waals surface area contributed by atoms with E-state index in [4.69, 9.17) is 11.6 Å². The van der Waals surface area contributed by atoms with Crippen LogP contribution in [0.15, 0.2) is 42.5 Å². The van der Waals surface area contributed by atoms with E-state index in [0.29, 0.717) is 0 Å². The Morgan fingerprint density at radius 1 is 1.12 bits per heavy atom. The van der Waals surface area contributed by atoms with Gasteiger partial charge in [0.05, 0.1) is 16.1 Å². The van der Waals surface area contributed by atoms with Crippen LogP contribution < -0.4 is 5.32 Å². The minimum absolute atomic E-state index is 0.0651. The number of halogens is 5. The van der Waals surface area contributed by atoms with Crippen LogP contribution in [0.3, 0.4) is 0 Å². The van der Waals surface area contributed by atoms with Gasteiger partial charge in [-0.2, -0.15) is 13.2 Å². The highest BCUT2D eigenvalue weighted by Crippen LogP contribution is 2.30. The van der Waals surface area contributed by atoms with Crippen molar-refractivity contribution in [2.24, 2.45) is 0 Å². The molecular formula is C16H10ClF4NO3. The molecule has 2 rings (SSSR count). The molecule has 0 unspecified atom stereocenters. The van der Waals surface area contributed by atoms with E-state index in [9.17, 15) is 27.2 Å². The van der Waals surface area contributed by atoms with E-state index in [0.717, 1.165) is 36.4 Å². The van der Waals surface area contributed by atoms with Gasteiger partial charge in [0, 0.05) is 5.69 Å². The number of nitrogens with one attached hydrogen (secondary N) is 1. The Morgan fingerprint density at radius 3 is 2.52 bits per heavy atom. The highest BCUT2D eigenvalue weighted by molar-refractivity contribution is 6.33. The van der Waals surface area contributed by atoms with Crippen LogP contribution in [0.4, 0.5) is 23.2 Å². The lowest BCUT2D eigenvalue weighted by Crippen LogP contribution is -2.21.